The van der Waals surface area contributed by atoms with Gasteiger partial charge in [-0.1, -0.05) is 23.4 Å². The summed E-state index contributed by atoms with van der Waals surface area (Å²) in [5.74, 6) is 0.750. The molecule has 0 unspecified atom stereocenters. The molecular formula is C16H18ClN3O4S2. The molecule has 1 atom stereocenters. The molecule has 0 aliphatic carbocycles. The fraction of sp³-hybridized carbons (Fsp3) is 0.438. The molecule has 140 valence electrons. The molecule has 1 amide bonds. The van der Waals surface area contributed by atoms with Gasteiger partial charge in [0, 0.05) is 17.1 Å². The van der Waals surface area contributed by atoms with Crippen LogP contribution in [0.4, 0.5) is 5.69 Å². The molecule has 1 fully saturated rings. The third-order valence-electron chi connectivity index (χ3n) is 4.03. The highest BCUT2D eigenvalue weighted by molar-refractivity contribution is 7.99. The molecule has 1 aromatic heterocycles. The van der Waals surface area contributed by atoms with Gasteiger partial charge in [-0.25, -0.2) is 8.42 Å². The number of carbonyl (C=O) groups excluding carboxylic acids is 1. The van der Waals surface area contributed by atoms with Crippen molar-refractivity contribution in [3.05, 3.63) is 34.7 Å². The summed E-state index contributed by atoms with van der Waals surface area (Å²) in [6.45, 7) is 1.86. The summed E-state index contributed by atoms with van der Waals surface area (Å²) in [5, 5.41) is 11.6. The summed E-state index contributed by atoms with van der Waals surface area (Å²) >= 11 is 7.03. The smallest absolute Gasteiger partial charge is 0.277 e. The predicted octanol–water partition coefficient (Wildman–Crippen LogP) is 2.74. The molecule has 1 aromatic carbocycles. The molecule has 3 rings (SSSR count). The number of aryl methyl sites for hydroxylation is 1. The van der Waals surface area contributed by atoms with Crippen LogP contribution in [0.25, 0.3) is 0 Å². The number of nitrogens with zero attached hydrogens (tertiary/aromatic N) is 2. The number of amides is 1. The third-order valence-corrected chi connectivity index (χ3v) is 6.92. The maximum absolute atomic E-state index is 12.1. The second kappa shape index (κ2) is 7.98. The molecule has 10 heteroatoms. The quantitative estimate of drug-likeness (QED) is 0.723. The number of nitrogens with one attached hydrogen (secondary N) is 1. The van der Waals surface area contributed by atoms with Crippen LogP contribution in [0.15, 0.2) is 27.8 Å². The van der Waals surface area contributed by atoms with E-state index in [4.69, 9.17) is 16.0 Å². The second-order valence-corrected chi connectivity index (χ2v) is 9.82. The van der Waals surface area contributed by atoms with Crippen molar-refractivity contribution < 1.29 is 17.6 Å². The molecule has 7 nitrogen and oxygen atoms in total. The first-order valence-electron chi connectivity index (χ1n) is 8.02. The number of benzene rings is 1. The molecule has 1 saturated heterocycles. The van der Waals surface area contributed by atoms with Gasteiger partial charge in [-0.2, -0.15) is 0 Å². The summed E-state index contributed by atoms with van der Waals surface area (Å²) in [4.78, 5) is 12.1. The van der Waals surface area contributed by atoms with Crippen molar-refractivity contribution in [2.75, 3.05) is 22.6 Å². The van der Waals surface area contributed by atoms with Crippen LogP contribution in [0.5, 0.6) is 0 Å². The van der Waals surface area contributed by atoms with Crippen molar-refractivity contribution in [1.29, 1.82) is 0 Å². The van der Waals surface area contributed by atoms with Gasteiger partial charge in [0.25, 0.3) is 5.22 Å². The lowest BCUT2D eigenvalue weighted by molar-refractivity contribution is -0.113. The van der Waals surface area contributed by atoms with E-state index in [0.717, 1.165) is 17.3 Å². The Kier molecular flexibility index (Phi) is 5.89. The number of hydrogen-bond donors (Lipinski definition) is 1. The molecule has 1 aliphatic rings. The van der Waals surface area contributed by atoms with E-state index in [0.29, 0.717) is 34.7 Å². The normalized spacial score (nSPS) is 18.8. The van der Waals surface area contributed by atoms with Crippen LogP contribution in [0.3, 0.4) is 0 Å². The van der Waals surface area contributed by atoms with E-state index >= 15 is 0 Å². The number of rotatable bonds is 6. The van der Waals surface area contributed by atoms with Gasteiger partial charge in [0.05, 0.1) is 17.3 Å². The van der Waals surface area contributed by atoms with E-state index in [1.807, 2.05) is 6.92 Å². The largest absolute Gasteiger partial charge is 0.416 e. The van der Waals surface area contributed by atoms with Gasteiger partial charge in [-0.3, -0.25) is 4.79 Å². The first-order chi connectivity index (χ1) is 12.3. The molecule has 0 saturated carbocycles. The van der Waals surface area contributed by atoms with Gasteiger partial charge in [-0.05, 0) is 43.0 Å². The lowest BCUT2D eigenvalue weighted by Crippen LogP contribution is -2.14. The standard InChI is InChI=1S/C16H18ClN3O4S2/c1-10-6-12(17)2-3-13(10)18-14(21)8-25-16-20-19-15(24-16)7-11-4-5-26(22,23)9-11/h2-3,6,11H,4-5,7-9H2,1H3,(H,18,21)/t11-/m0/s1. The SMILES string of the molecule is Cc1cc(Cl)ccc1NC(=O)CSc1nnc(C[C@@H]2CCS(=O)(=O)C2)o1. The number of aromatic nitrogens is 2. The fourth-order valence-corrected chi connectivity index (χ4v) is 5.41. The zero-order chi connectivity index (χ0) is 18.7. The first kappa shape index (κ1) is 19.2. The maximum Gasteiger partial charge on any atom is 0.277 e. The summed E-state index contributed by atoms with van der Waals surface area (Å²) in [7, 11) is -2.92. The average Bonchev–Trinajstić information content (AvgIpc) is 3.14. The number of thioether (sulfide) groups is 1. The van der Waals surface area contributed by atoms with Crippen LogP contribution in [0.2, 0.25) is 5.02 Å². The Labute approximate surface area is 160 Å². The van der Waals surface area contributed by atoms with Crippen molar-refractivity contribution in [2.45, 2.75) is 25.0 Å². The zero-order valence-corrected chi connectivity index (χ0v) is 16.5. The molecular weight excluding hydrogens is 398 g/mol. The van der Waals surface area contributed by atoms with Crippen LogP contribution in [-0.2, 0) is 21.1 Å². The molecule has 0 spiro atoms. The molecule has 26 heavy (non-hydrogen) atoms. The fourth-order valence-electron chi connectivity index (χ4n) is 2.74. The summed E-state index contributed by atoms with van der Waals surface area (Å²) < 4.78 is 28.5. The molecule has 0 bridgehead atoms. The minimum atomic E-state index is -2.92. The van der Waals surface area contributed by atoms with Gasteiger partial charge in [0.1, 0.15) is 0 Å². The molecule has 2 aromatic rings. The van der Waals surface area contributed by atoms with Crippen molar-refractivity contribution in [3.63, 3.8) is 0 Å². The van der Waals surface area contributed by atoms with E-state index in [1.165, 1.54) is 0 Å². The van der Waals surface area contributed by atoms with Gasteiger partial charge < -0.3 is 9.73 Å². The van der Waals surface area contributed by atoms with Crippen molar-refractivity contribution in [1.82, 2.24) is 10.2 Å². The first-order valence-corrected chi connectivity index (χ1v) is 11.2. The maximum atomic E-state index is 12.1. The third kappa shape index (κ3) is 5.21. The number of carbonyl (C=O) groups is 1. The highest BCUT2D eigenvalue weighted by atomic mass is 35.5. The van der Waals surface area contributed by atoms with E-state index in [9.17, 15) is 13.2 Å². The highest BCUT2D eigenvalue weighted by Gasteiger charge is 2.29. The second-order valence-electron chi connectivity index (χ2n) is 6.23. The van der Waals surface area contributed by atoms with Crippen molar-refractivity contribution >= 4 is 44.8 Å². The van der Waals surface area contributed by atoms with Crippen LogP contribution in [0.1, 0.15) is 17.9 Å². The molecule has 1 N–H and O–H groups in total. The molecule has 2 heterocycles. The van der Waals surface area contributed by atoms with Gasteiger partial charge >= 0.3 is 0 Å². The Hall–Kier alpha value is -1.58. The van der Waals surface area contributed by atoms with Crippen molar-refractivity contribution in [2.24, 2.45) is 5.92 Å². The van der Waals surface area contributed by atoms with Crippen molar-refractivity contribution in [3.8, 4) is 0 Å². The molecule has 0 radical (unpaired) electrons. The van der Waals surface area contributed by atoms with E-state index < -0.39 is 9.84 Å². The van der Waals surface area contributed by atoms with E-state index in [2.05, 4.69) is 15.5 Å². The number of anilines is 1. The number of hydrogen-bond acceptors (Lipinski definition) is 7. The minimum Gasteiger partial charge on any atom is -0.416 e. The van der Waals surface area contributed by atoms with E-state index in [1.54, 1.807) is 18.2 Å². The Morgan fingerprint density at radius 2 is 2.23 bits per heavy atom. The lowest BCUT2D eigenvalue weighted by Gasteiger charge is -2.07. The monoisotopic (exact) mass is 415 g/mol. The van der Waals surface area contributed by atoms with Gasteiger partial charge in [0.15, 0.2) is 9.84 Å². The van der Waals surface area contributed by atoms with Crippen LogP contribution in [0, 0.1) is 12.8 Å². The number of halogens is 1. The lowest BCUT2D eigenvalue weighted by atomic mass is 10.1. The average molecular weight is 416 g/mol. The predicted molar refractivity (Wildman–Crippen MR) is 100 cm³/mol. The van der Waals surface area contributed by atoms with E-state index in [-0.39, 0.29) is 29.1 Å². The summed E-state index contributed by atoms with van der Waals surface area (Å²) in [5.41, 5.74) is 1.58. The topological polar surface area (TPSA) is 102 Å². The summed E-state index contributed by atoms with van der Waals surface area (Å²) in [6.07, 6.45) is 1.07. The molecule has 1 aliphatic heterocycles. The highest BCUT2D eigenvalue weighted by Crippen LogP contribution is 2.24. The Bertz CT molecular complexity index is 914. The minimum absolute atomic E-state index is 0.0227. The summed E-state index contributed by atoms with van der Waals surface area (Å²) in [6, 6.07) is 5.24. The van der Waals surface area contributed by atoms with Crippen LogP contribution in [-0.4, -0.2) is 41.8 Å². The van der Waals surface area contributed by atoms with Gasteiger partial charge in [-0.15, -0.1) is 10.2 Å². The van der Waals surface area contributed by atoms with Crippen LogP contribution < -0.4 is 5.32 Å². The Morgan fingerprint density at radius 3 is 2.92 bits per heavy atom. The van der Waals surface area contributed by atoms with Gasteiger partial charge in [0.2, 0.25) is 11.8 Å². The number of sulfone groups is 1. The van der Waals surface area contributed by atoms with Crippen LogP contribution >= 0.6 is 23.4 Å². The zero-order valence-electron chi connectivity index (χ0n) is 14.1. The Balaban J connectivity index is 1.49. The Morgan fingerprint density at radius 1 is 1.42 bits per heavy atom.